The molecule has 1 atom stereocenters. The first kappa shape index (κ1) is 20.2. The van der Waals surface area contributed by atoms with Gasteiger partial charge in [-0.3, -0.25) is 4.79 Å². The van der Waals surface area contributed by atoms with Gasteiger partial charge in [0.05, 0.1) is 26.0 Å². The summed E-state index contributed by atoms with van der Waals surface area (Å²) in [6.07, 6.45) is 0.883. The summed E-state index contributed by atoms with van der Waals surface area (Å²) in [5.74, 6) is 1.33. The third-order valence-electron chi connectivity index (χ3n) is 5.24. The number of hydrazone groups is 1. The molecule has 0 aliphatic carbocycles. The highest BCUT2D eigenvalue weighted by molar-refractivity contribution is 6.30. The summed E-state index contributed by atoms with van der Waals surface area (Å²) in [6.45, 7) is 1.82. The number of amides is 1. The van der Waals surface area contributed by atoms with Gasteiger partial charge < -0.3 is 9.47 Å². The minimum absolute atomic E-state index is 0.0697. The Morgan fingerprint density at radius 1 is 1.17 bits per heavy atom. The highest BCUT2D eigenvalue weighted by Gasteiger charge is 2.34. The van der Waals surface area contributed by atoms with Crippen LogP contribution in [0.3, 0.4) is 0 Å². The molecule has 2 heterocycles. The number of para-hydroxylation sites is 1. The maximum Gasteiger partial charge on any atom is 0.242 e. The van der Waals surface area contributed by atoms with Gasteiger partial charge in [-0.05, 0) is 24.3 Å². The first-order valence-electron chi connectivity index (χ1n) is 9.72. The quantitative estimate of drug-likeness (QED) is 0.542. The largest absolute Gasteiger partial charge is 0.497 e. The van der Waals surface area contributed by atoms with Gasteiger partial charge in [-0.25, -0.2) is 9.99 Å². The van der Waals surface area contributed by atoms with Crippen LogP contribution in [0.25, 0.3) is 10.9 Å². The zero-order valence-electron chi connectivity index (χ0n) is 17.1. The van der Waals surface area contributed by atoms with Crippen molar-refractivity contribution in [2.45, 2.75) is 25.8 Å². The molecule has 2 aromatic carbocycles. The molecule has 1 aromatic heterocycles. The number of ether oxygens (including phenoxy) is 2. The Balaban J connectivity index is 1.78. The molecular formula is C23H22ClN3O3. The van der Waals surface area contributed by atoms with E-state index in [1.807, 2.05) is 55.5 Å². The van der Waals surface area contributed by atoms with Gasteiger partial charge in [0.15, 0.2) is 0 Å². The zero-order chi connectivity index (χ0) is 21.3. The van der Waals surface area contributed by atoms with Crippen LogP contribution in [0.1, 0.15) is 36.9 Å². The average molecular weight is 424 g/mol. The molecule has 154 valence electrons. The van der Waals surface area contributed by atoms with Crippen LogP contribution in [0, 0.1) is 0 Å². The molecule has 30 heavy (non-hydrogen) atoms. The molecule has 0 fully saturated rings. The summed E-state index contributed by atoms with van der Waals surface area (Å²) in [5.41, 5.74) is 3.18. The Bertz CT molecular complexity index is 1150. The number of benzene rings is 2. The van der Waals surface area contributed by atoms with Crippen LogP contribution in [-0.4, -0.2) is 35.8 Å². The van der Waals surface area contributed by atoms with Crippen LogP contribution in [0.4, 0.5) is 0 Å². The van der Waals surface area contributed by atoms with E-state index in [1.54, 1.807) is 14.2 Å². The molecule has 1 amide bonds. The predicted octanol–water partition coefficient (Wildman–Crippen LogP) is 4.99. The summed E-state index contributed by atoms with van der Waals surface area (Å²) in [5, 5.41) is 7.42. The second-order valence-electron chi connectivity index (χ2n) is 6.99. The molecule has 1 aliphatic heterocycles. The third kappa shape index (κ3) is 3.59. The van der Waals surface area contributed by atoms with Gasteiger partial charge in [0.1, 0.15) is 22.2 Å². The maximum atomic E-state index is 12.7. The minimum Gasteiger partial charge on any atom is -0.497 e. The van der Waals surface area contributed by atoms with Crippen LogP contribution < -0.4 is 9.47 Å². The van der Waals surface area contributed by atoms with E-state index in [0.29, 0.717) is 29.3 Å². The van der Waals surface area contributed by atoms with Crippen molar-refractivity contribution in [1.82, 2.24) is 9.99 Å². The number of rotatable bonds is 5. The highest BCUT2D eigenvalue weighted by Crippen LogP contribution is 2.38. The Kier molecular flexibility index (Phi) is 5.59. The monoisotopic (exact) mass is 423 g/mol. The van der Waals surface area contributed by atoms with Crippen LogP contribution in [-0.2, 0) is 4.79 Å². The second kappa shape index (κ2) is 8.32. The molecule has 0 N–H and O–H groups in total. The highest BCUT2D eigenvalue weighted by atomic mass is 35.5. The molecule has 0 spiro atoms. The Morgan fingerprint density at radius 3 is 2.70 bits per heavy atom. The molecular weight excluding hydrogens is 402 g/mol. The fraction of sp³-hybridized carbons (Fsp3) is 0.261. The van der Waals surface area contributed by atoms with Gasteiger partial charge in [0, 0.05) is 29.4 Å². The van der Waals surface area contributed by atoms with E-state index in [2.05, 4.69) is 10.1 Å². The number of carbonyl (C=O) groups excluding carboxylic acids is 1. The smallest absolute Gasteiger partial charge is 0.242 e. The molecule has 0 radical (unpaired) electrons. The number of methoxy groups -OCH3 is 2. The lowest BCUT2D eigenvalue weighted by molar-refractivity contribution is -0.132. The van der Waals surface area contributed by atoms with Crippen molar-refractivity contribution in [2.75, 3.05) is 14.2 Å². The molecule has 6 nitrogen and oxygen atoms in total. The van der Waals surface area contributed by atoms with Crippen molar-refractivity contribution in [2.24, 2.45) is 5.10 Å². The Labute approximate surface area is 180 Å². The van der Waals surface area contributed by atoms with Crippen molar-refractivity contribution >= 4 is 34.1 Å². The summed E-state index contributed by atoms with van der Waals surface area (Å²) >= 11 is 6.59. The average Bonchev–Trinajstić information content (AvgIpc) is 3.23. The molecule has 1 aliphatic rings. The van der Waals surface area contributed by atoms with Gasteiger partial charge >= 0.3 is 0 Å². The van der Waals surface area contributed by atoms with E-state index >= 15 is 0 Å². The van der Waals surface area contributed by atoms with Gasteiger partial charge in [-0.15, -0.1) is 0 Å². The summed E-state index contributed by atoms with van der Waals surface area (Å²) in [4.78, 5) is 17.3. The minimum atomic E-state index is -0.325. The molecule has 4 rings (SSSR count). The van der Waals surface area contributed by atoms with Crippen LogP contribution in [0.15, 0.2) is 53.6 Å². The van der Waals surface area contributed by atoms with Crippen LogP contribution in [0.5, 0.6) is 11.5 Å². The first-order valence-corrected chi connectivity index (χ1v) is 10.1. The van der Waals surface area contributed by atoms with E-state index in [-0.39, 0.29) is 11.9 Å². The fourth-order valence-corrected chi connectivity index (χ4v) is 3.95. The van der Waals surface area contributed by atoms with Crippen molar-refractivity contribution < 1.29 is 14.3 Å². The molecule has 0 unspecified atom stereocenters. The third-order valence-corrected chi connectivity index (χ3v) is 5.54. The normalized spacial score (nSPS) is 15.9. The number of aromatic nitrogens is 1. The lowest BCUT2D eigenvalue weighted by atomic mass is 9.98. The number of carbonyl (C=O) groups is 1. The van der Waals surface area contributed by atoms with E-state index in [1.165, 1.54) is 5.01 Å². The van der Waals surface area contributed by atoms with Gasteiger partial charge in [-0.1, -0.05) is 42.8 Å². The first-order chi connectivity index (χ1) is 14.5. The van der Waals surface area contributed by atoms with Crippen molar-refractivity contribution in [3.05, 3.63) is 64.8 Å². The van der Waals surface area contributed by atoms with E-state index in [4.69, 9.17) is 21.1 Å². The molecule has 0 saturated heterocycles. The van der Waals surface area contributed by atoms with E-state index < -0.39 is 0 Å². The fourth-order valence-electron chi connectivity index (χ4n) is 3.69. The Morgan fingerprint density at radius 2 is 1.97 bits per heavy atom. The number of hydrogen-bond acceptors (Lipinski definition) is 5. The number of pyridine rings is 1. The van der Waals surface area contributed by atoms with E-state index in [0.717, 1.165) is 28.0 Å². The summed E-state index contributed by atoms with van der Waals surface area (Å²) in [6, 6.07) is 15.0. The number of fused-ring (bicyclic) bond motifs is 1. The van der Waals surface area contributed by atoms with Crippen LogP contribution in [0.2, 0.25) is 5.15 Å². The van der Waals surface area contributed by atoms with Crippen molar-refractivity contribution in [3.63, 3.8) is 0 Å². The van der Waals surface area contributed by atoms with E-state index in [9.17, 15) is 4.79 Å². The summed E-state index contributed by atoms with van der Waals surface area (Å²) < 4.78 is 10.7. The standard InChI is InChI=1S/C23H22ClN3O3/c1-4-21(28)27-19(13-18(26-27)14-7-5-9-16(11-14)29-2)17-12-15-8-6-10-20(30-3)22(15)25-23(17)24/h5-12,19H,4,13H2,1-3H3/t19-/m0/s1. The maximum absolute atomic E-state index is 12.7. The number of nitrogens with zero attached hydrogens (tertiary/aromatic N) is 3. The lowest BCUT2D eigenvalue weighted by Crippen LogP contribution is -2.26. The second-order valence-corrected chi connectivity index (χ2v) is 7.35. The topological polar surface area (TPSA) is 64.0 Å². The predicted molar refractivity (Wildman–Crippen MR) is 117 cm³/mol. The SMILES string of the molecule is CCC(=O)N1N=C(c2cccc(OC)c2)C[C@H]1c1cc2cccc(OC)c2nc1Cl. The van der Waals surface area contributed by atoms with Crippen molar-refractivity contribution in [3.8, 4) is 11.5 Å². The molecule has 0 saturated carbocycles. The van der Waals surface area contributed by atoms with Gasteiger partial charge in [0.2, 0.25) is 5.91 Å². The van der Waals surface area contributed by atoms with Gasteiger partial charge in [0.25, 0.3) is 0 Å². The lowest BCUT2D eigenvalue weighted by Gasteiger charge is -2.22. The van der Waals surface area contributed by atoms with Gasteiger partial charge in [-0.2, -0.15) is 5.10 Å². The number of hydrogen-bond donors (Lipinski definition) is 0. The van der Waals surface area contributed by atoms with Crippen molar-refractivity contribution in [1.29, 1.82) is 0 Å². The molecule has 3 aromatic rings. The molecule has 0 bridgehead atoms. The van der Waals surface area contributed by atoms with Crippen LogP contribution >= 0.6 is 11.6 Å². The zero-order valence-corrected chi connectivity index (χ0v) is 17.8. The Hall–Kier alpha value is -3.12. The summed E-state index contributed by atoms with van der Waals surface area (Å²) in [7, 11) is 3.23. The molecule has 7 heteroatoms. The number of halogens is 1.